The first-order valence-corrected chi connectivity index (χ1v) is 6.19. The van der Waals surface area contributed by atoms with Gasteiger partial charge in [0.2, 0.25) is 5.91 Å². The van der Waals surface area contributed by atoms with E-state index in [1.54, 1.807) is 18.2 Å². The molecule has 0 heterocycles. The van der Waals surface area contributed by atoms with Crippen molar-refractivity contribution in [2.75, 3.05) is 0 Å². The van der Waals surface area contributed by atoms with Crippen molar-refractivity contribution < 1.29 is 30.0 Å². The minimum absolute atomic E-state index is 0. The fourth-order valence-electron chi connectivity index (χ4n) is 1.35. The Morgan fingerprint density at radius 3 is 2.42 bits per heavy atom. The smallest absolute Gasteiger partial charge is 0.220 e. The summed E-state index contributed by atoms with van der Waals surface area (Å²) in [4.78, 5) is 21.8. The van der Waals surface area contributed by atoms with Crippen LogP contribution in [0, 0.1) is 0 Å². The number of hydrogen-bond donors (Lipinski definition) is 1. The van der Waals surface area contributed by atoms with Gasteiger partial charge in [0.15, 0.2) is 0 Å². The molecule has 4 nitrogen and oxygen atoms in total. The first-order valence-electron chi connectivity index (χ1n) is 5.44. The van der Waals surface area contributed by atoms with Crippen LogP contribution in [0.1, 0.15) is 24.8 Å². The van der Waals surface area contributed by atoms with Crippen molar-refractivity contribution >= 4 is 35.0 Å². The summed E-state index contributed by atoms with van der Waals surface area (Å²) in [6.45, 7) is 0.366. The van der Waals surface area contributed by atoms with Gasteiger partial charge in [-0.2, -0.15) is 0 Å². The minimum Gasteiger partial charge on any atom is -0.668 e. The van der Waals surface area contributed by atoms with Gasteiger partial charge < -0.3 is 15.8 Å². The van der Waals surface area contributed by atoms with Crippen LogP contribution in [-0.2, 0) is 36.6 Å². The van der Waals surface area contributed by atoms with Gasteiger partial charge in [0.05, 0.1) is 10.0 Å². The van der Waals surface area contributed by atoms with Crippen molar-refractivity contribution in [2.24, 2.45) is 0 Å². The van der Waals surface area contributed by atoms with E-state index in [0.29, 0.717) is 23.0 Å². The topological polar surface area (TPSA) is 70.0 Å². The van der Waals surface area contributed by atoms with E-state index in [1.165, 1.54) is 0 Å². The zero-order valence-corrected chi connectivity index (χ0v) is 13.0. The van der Waals surface area contributed by atoms with Gasteiger partial charge in [-0.25, -0.2) is 0 Å². The van der Waals surface area contributed by atoms with E-state index in [0.717, 1.165) is 5.56 Å². The van der Waals surface area contributed by atoms with Gasteiger partial charge in [0.1, 0.15) is 0 Å². The van der Waals surface area contributed by atoms with Crippen LogP contribution in [0.25, 0.3) is 5.73 Å². The first-order chi connectivity index (χ1) is 8.49. The second kappa shape index (κ2) is 9.33. The number of nitrogens with one attached hydrogen (secondary N) is 2. The van der Waals surface area contributed by atoms with Crippen LogP contribution >= 0.6 is 23.2 Å². The second-order valence-electron chi connectivity index (χ2n) is 3.80. The molecule has 0 spiro atoms. The summed E-state index contributed by atoms with van der Waals surface area (Å²) in [5, 5.41) is 3.63. The van der Waals surface area contributed by atoms with Crippen LogP contribution in [0.15, 0.2) is 18.2 Å². The van der Waals surface area contributed by atoms with Gasteiger partial charge in [-0.1, -0.05) is 29.3 Å². The molecule has 0 aliphatic carbocycles. The summed E-state index contributed by atoms with van der Waals surface area (Å²) in [6, 6.07) is 5.14. The number of amides is 2. The number of hydrogen-bond acceptors (Lipinski definition) is 2. The Hall–Kier alpha value is -0.598. The quantitative estimate of drug-likeness (QED) is 0.752. The number of benzene rings is 1. The van der Waals surface area contributed by atoms with Gasteiger partial charge in [-0.05, 0) is 30.5 Å². The van der Waals surface area contributed by atoms with Crippen molar-refractivity contribution in [3.63, 3.8) is 0 Å². The molecule has 0 saturated carbocycles. The van der Waals surface area contributed by atoms with Gasteiger partial charge in [0.25, 0.3) is 0 Å². The maximum absolute atomic E-state index is 11.4. The maximum Gasteiger partial charge on any atom is 0.220 e. The molecule has 108 valence electrons. The number of carbonyl (C=O) groups excluding carboxylic acids is 2. The molecule has 0 radical (unpaired) electrons. The van der Waals surface area contributed by atoms with Crippen molar-refractivity contribution in [3.05, 3.63) is 39.5 Å². The molecule has 7 heteroatoms. The maximum atomic E-state index is 11.4. The Morgan fingerprint density at radius 1 is 1.16 bits per heavy atom. The SMILES string of the molecule is [NH-]C(=O)CCCC(=O)NCc1ccc(Cl)c(Cl)c1.[Pd]. The van der Waals surface area contributed by atoms with E-state index in [9.17, 15) is 9.59 Å². The zero-order chi connectivity index (χ0) is 13.5. The Kier molecular flexibility index (Phi) is 9.04. The molecule has 1 aromatic carbocycles. The third kappa shape index (κ3) is 7.54. The molecule has 0 fully saturated rings. The molecule has 0 atom stereocenters. The summed E-state index contributed by atoms with van der Waals surface area (Å²) >= 11 is 11.6. The molecule has 0 aliphatic rings. The molecular weight excluding hydrogens is 381 g/mol. The monoisotopic (exact) mass is 393 g/mol. The molecule has 0 aliphatic heterocycles. The predicted molar refractivity (Wildman–Crippen MR) is 71.5 cm³/mol. The number of carbonyl (C=O) groups is 2. The third-order valence-corrected chi connectivity index (χ3v) is 3.02. The average Bonchev–Trinajstić information content (AvgIpc) is 2.30. The van der Waals surface area contributed by atoms with Crippen molar-refractivity contribution in [1.82, 2.24) is 5.32 Å². The largest absolute Gasteiger partial charge is 0.668 e. The van der Waals surface area contributed by atoms with Crippen molar-refractivity contribution in [2.45, 2.75) is 25.8 Å². The molecule has 19 heavy (non-hydrogen) atoms. The Balaban J connectivity index is 0.00000324. The molecular formula is C12H13Cl2N2O2Pd-. The predicted octanol–water partition coefficient (Wildman–Crippen LogP) is 3.36. The molecule has 2 N–H and O–H groups in total. The molecule has 1 aromatic rings. The second-order valence-corrected chi connectivity index (χ2v) is 4.62. The van der Waals surface area contributed by atoms with Crippen LogP contribution in [0.5, 0.6) is 0 Å². The van der Waals surface area contributed by atoms with E-state index in [2.05, 4.69) is 5.32 Å². The van der Waals surface area contributed by atoms with E-state index in [4.69, 9.17) is 28.9 Å². The number of rotatable bonds is 6. The van der Waals surface area contributed by atoms with Crippen molar-refractivity contribution in [1.29, 1.82) is 0 Å². The Morgan fingerprint density at radius 2 is 1.84 bits per heavy atom. The third-order valence-electron chi connectivity index (χ3n) is 2.28. The fourth-order valence-corrected chi connectivity index (χ4v) is 1.67. The molecule has 0 unspecified atom stereocenters. The van der Waals surface area contributed by atoms with Gasteiger partial charge in [0, 0.05) is 39.3 Å². The molecule has 1 rings (SSSR count). The Bertz CT molecular complexity index is 455. The summed E-state index contributed by atoms with van der Waals surface area (Å²) in [6.07, 6.45) is 0.752. The van der Waals surface area contributed by atoms with Gasteiger partial charge >= 0.3 is 0 Å². The molecule has 0 aromatic heterocycles. The summed E-state index contributed by atoms with van der Waals surface area (Å²) in [5.41, 5.74) is 7.56. The summed E-state index contributed by atoms with van der Waals surface area (Å²) in [7, 11) is 0. The van der Waals surface area contributed by atoms with Gasteiger partial charge in [-0.3, -0.25) is 4.79 Å². The standard InChI is InChI=1S/C12H14Cl2N2O2.Pd/c13-9-5-4-8(6-10(9)14)7-16-12(18)3-1-2-11(15)17;/h4-6H,1-3,7H2,(H3,15,16,17,18);/p-1. The molecule has 0 saturated heterocycles. The van der Waals surface area contributed by atoms with E-state index in [1.807, 2.05) is 0 Å². The van der Waals surface area contributed by atoms with Crippen LogP contribution < -0.4 is 5.32 Å². The normalized spacial score (nSPS) is 9.58. The molecule has 0 bridgehead atoms. The van der Waals surface area contributed by atoms with E-state index in [-0.39, 0.29) is 39.2 Å². The minimum atomic E-state index is -0.646. The van der Waals surface area contributed by atoms with E-state index >= 15 is 0 Å². The summed E-state index contributed by atoms with van der Waals surface area (Å²) < 4.78 is 0. The zero-order valence-electron chi connectivity index (χ0n) is 9.95. The number of halogens is 2. The van der Waals surface area contributed by atoms with E-state index < -0.39 is 5.91 Å². The van der Waals surface area contributed by atoms with Crippen LogP contribution in [0.4, 0.5) is 0 Å². The summed E-state index contributed by atoms with van der Waals surface area (Å²) in [5.74, 6) is -0.797. The molecule has 2 amide bonds. The van der Waals surface area contributed by atoms with Crippen LogP contribution in [0.3, 0.4) is 0 Å². The van der Waals surface area contributed by atoms with Crippen LogP contribution in [-0.4, -0.2) is 11.8 Å². The average molecular weight is 395 g/mol. The van der Waals surface area contributed by atoms with Gasteiger partial charge in [-0.15, -0.1) is 0 Å². The fraction of sp³-hybridized carbons (Fsp3) is 0.333. The first kappa shape index (κ1) is 18.4. The van der Waals surface area contributed by atoms with Crippen molar-refractivity contribution in [3.8, 4) is 0 Å². The van der Waals surface area contributed by atoms with Crippen LogP contribution in [0.2, 0.25) is 10.0 Å². The Labute approximate surface area is 135 Å².